The van der Waals surface area contributed by atoms with Gasteiger partial charge in [0.1, 0.15) is 0 Å². The molecule has 2 N–H and O–H groups in total. The standard InChI is InChI=1S/C22H24ClN5O2S/c1-4-28-20(15(3)24-21(30)16-8-6-5-7-9-16)26-27-22(28)31-13-19(29)25-17-11-10-14(2)18(23)12-17/h5-12,15H,4,13H2,1-3H3,(H,24,30)(H,25,29)/t15-/m0/s1. The van der Waals surface area contributed by atoms with Gasteiger partial charge in [0.2, 0.25) is 5.91 Å². The highest BCUT2D eigenvalue weighted by Gasteiger charge is 2.20. The van der Waals surface area contributed by atoms with Crippen molar-refractivity contribution in [2.45, 2.75) is 38.5 Å². The first kappa shape index (κ1) is 22.8. The number of halogens is 1. The summed E-state index contributed by atoms with van der Waals surface area (Å²) < 4.78 is 1.90. The zero-order valence-electron chi connectivity index (χ0n) is 17.6. The third kappa shape index (κ3) is 5.86. The number of carbonyl (C=O) groups is 2. The van der Waals surface area contributed by atoms with Crippen LogP contribution in [0.2, 0.25) is 5.02 Å². The number of carbonyl (C=O) groups excluding carboxylic acids is 2. The van der Waals surface area contributed by atoms with Crippen molar-refractivity contribution in [2.75, 3.05) is 11.1 Å². The van der Waals surface area contributed by atoms with Gasteiger partial charge in [-0.15, -0.1) is 10.2 Å². The van der Waals surface area contributed by atoms with Gasteiger partial charge in [-0.2, -0.15) is 0 Å². The summed E-state index contributed by atoms with van der Waals surface area (Å²) in [5.74, 6) is 0.473. The first-order valence-electron chi connectivity index (χ1n) is 9.86. The van der Waals surface area contributed by atoms with Gasteiger partial charge in [-0.3, -0.25) is 9.59 Å². The Hall–Kier alpha value is -2.84. The molecule has 1 aromatic heterocycles. The van der Waals surface area contributed by atoms with Crippen LogP contribution in [-0.4, -0.2) is 32.3 Å². The molecule has 0 saturated carbocycles. The summed E-state index contributed by atoms with van der Waals surface area (Å²) in [6.07, 6.45) is 0. The van der Waals surface area contributed by atoms with E-state index in [2.05, 4.69) is 20.8 Å². The third-order valence-corrected chi connectivity index (χ3v) is 5.99. The van der Waals surface area contributed by atoms with Crippen LogP contribution >= 0.6 is 23.4 Å². The Kier molecular flexibility index (Phi) is 7.70. The number of nitrogens with zero attached hydrogens (tertiary/aromatic N) is 3. The SMILES string of the molecule is CCn1c(SCC(=O)Nc2ccc(C)c(Cl)c2)nnc1[C@H](C)NC(=O)c1ccccc1. The van der Waals surface area contributed by atoms with E-state index in [1.54, 1.807) is 18.2 Å². The Bertz CT molecular complexity index is 1070. The lowest BCUT2D eigenvalue weighted by atomic mass is 10.2. The number of anilines is 1. The average molecular weight is 458 g/mol. The van der Waals surface area contributed by atoms with E-state index >= 15 is 0 Å². The molecule has 0 spiro atoms. The molecule has 0 aliphatic heterocycles. The first-order valence-corrected chi connectivity index (χ1v) is 11.2. The van der Waals surface area contributed by atoms with Gasteiger partial charge in [0.15, 0.2) is 11.0 Å². The second-order valence-corrected chi connectivity index (χ2v) is 8.30. The predicted molar refractivity (Wildman–Crippen MR) is 124 cm³/mol. The minimum atomic E-state index is -0.335. The molecular weight excluding hydrogens is 434 g/mol. The molecule has 0 unspecified atom stereocenters. The van der Waals surface area contributed by atoms with Gasteiger partial charge in [-0.05, 0) is 50.6 Å². The monoisotopic (exact) mass is 457 g/mol. The molecule has 0 aliphatic rings. The molecular formula is C22H24ClN5O2S. The van der Waals surface area contributed by atoms with E-state index in [0.717, 1.165) is 5.56 Å². The fourth-order valence-electron chi connectivity index (χ4n) is 2.96. The molecule has 0 fully saturated rings. The second-order valence-electron chi connectivity index (χ2n) is 6.95. The summed E-state index contributed by atoms with van der Waals surface area (Å²) in [6.45, 7) is 6.35. The minimum absolute atomic E-state index is 0.164. The third-order valence-electron chi connectivity index (χ3n) is 4.62. The number of amides is 2. The normalized spacial score (nSPS) is 11.7. The quantitative estimate of drug-likeness (QED) is 0.487. The number of hydrogen-bond acceptors (Lipinski definition) is 5. The summed E-state index contributed by atoms with van der Waals surface area (Å²) in [7, 11) is 0. The maximum absolute atomic E-state index is 12.4. The van der Waals surface area contributed by atoms with E-state index < -0.39 is 0 Å². The van der Waals surface area contributed by atoms with Crippen LogP contribution in [0.3, 0.4) is 0 Å². The molecule has 2 aromatic carbocycles. The highest BCUT2D eigenvalue weighted by Crippen LogP contribution is 2.23. The summed E-state index contributed by atoms with van der Waals surface area (Å²) in [4.78, 5) is 24.8. The van der Waals surface area contributed by atoms with E-state index in [4.69, 9.17) is 11.6 Å². The number of thioether (sulfide) groups is 1. The number of benzene rings is 2. The Morgan fingerprint density at radius 3 is 2.58 bits per heavy atom. The van der Waals surface area contributed by atoms with Gasteiger partial charge in [0, 0.05) is 22.8 Å². The van der Waals surface area contributed by atoms with E-state index in [1.807, 2.05) is 55.7 Å². The predicted octanol–water partition coefficient (Wildman–Crippen LogP) is 4.48. The first-order chi connectivity index (χ1) is 14.9. The Morgan fingerprint density at radius 1 is 1.16 bits per heavy atom. The zero-order valence-corrected chi connectivity index (χ0v) is 19.1. The van der Waals surface area contributed by atoms with Crippen molar-refractivity contribution in [3.8, 4) is 0 Å². The molecule has 0 aliphatic carbocycles. The lowest BCUT2D eigenvalue weighted by Gasteiger charge is -2.15. The number of hydrogen-bond donors (Lipinski definition) is 2. The van der Waals surface area contributed by atoms with Crippen LogP contribution in [0.4, 0.5) is 5.69 Å². The molecule has 3 rings (SSSR count). The number of aryl methyl sites for hydroxylation is 1. The second kappa shape index (κ2) is 10.5. The number of aromatic nitrogens is 3. The highest BCUT2D eigenvalue weighted by molar-refractivity contribution is 7.99. The van der Waals surface area contributed by atoms with Gasteiger partial charge in [-0.25, -0.2) is 0 Å². The molecule has 3 aromatic rings. The van der Waals surface area contributed by atoms with Gasteiger partial charge < -0.3 is 15.2 Å². The van der Waals surface area contributed by atoms with Crippen LogP contribution in [0.1, 0.15) is 41.6 Å². The summed E-state index contributed by atoms with van der Waals surface area (Å²) in [5.41, 5.74) is 2.18. The van der Waals surface area contributed by atoms with Crippen molar-refractivity contribution in [1.29, 1.82) is 0 Å². The molecule has 1 atom stereocenters. The number of nitrogens with one attached hydrogen (secondary N) is 2. The average Bonchev–Trinajstić information content (AvgIpc) is 3.18. The fraction of sp³-hybridized carbons (Fsp3) is 0.273. The number of rotatable bonds is 8. The molecule has 2 amide bonds. The van der Waals surface area contributed by atoms with Crippen LogP contribution in [-0.2, 0) is 11.3 Å². The van der Waals surface area contributed by atoms with Gasteiger partial charge in [0.25, 0.3) is 5.91 Å². The maximum Gasteiger partial charge on any atom is 0.251 e. The summed E-state index contributed by atoms with van der Waals surface area (Å²) >= 11 is 7.40. The van der Waals surface area contributed by atoms with Crippen LogP contribution < -0.4 is 10.6 Å². The smallest absolute Gasteiger partial charge is 0.251 e. The van der Waals surface area contributed by atoms with Crippen molar-refractivity contribution in [3.63, 3.8) is 0 Å². The lowest BCUT2D eigenvalue weighted by molar-refractivity contribution is -0.113. The molecule has 162 valence electrons. The van der Waals surface area contributed by atoms with Crippen molar-refractivity contribution in [2.24, 2.45) is 0 Å². The fourth-order valence-corrected chi connectivity index (χ4v) is 3.95. The van der Waals surface area contributed by atoms with E-state index in [9.17, 15) is 9.59 Å². The van der Waals surface area contributed by atoms with Crippen LogP contribution in [0.15, 0.2) is 53.7 Å². The molecule has 1 heterocycles. The molecule has 0 saturated heterocycles. The zero-order chi connectivity index (χ0) is 22.4. The molecule has 0 bridgehead atoms. The summed E-state index contributed by atoms with van der Waals surface area (Å²) in [6, 6.07) is 14.1. The molecule has 9 heteroatoms. The Balaban J connectivity index is 1.62. The van der Waals surface area contributed by atoms with Crippen molar-refractivity contribution >= 4 is 40.9 Å². The van der Waals surface area contributed by atoms with Crippen LogP contribution in [0.25, 0.3) is 0 Å². The van der Waals surface area contributed by atoms with Crippen molar-refractivity contribution in [3.05, 3.63) is 70.5 Å². The van der Waals surface area contributed by atoms with E-state index in [-0.39, 0.29) is 23.6 Å². The van der Waals surface area contributed by atoms with Gasteiger partial charge in [-0.1, -0.05) is 47.6 Å². The van der Waals surface area contributed by atoms with Crippen molar-refractivity contribution < 1.29 is 9.59 Å². The Labute approximate surface area is 190 Å². The minimum Gasteiger partial charge on any atom is -0.342 e. The van der Waals surface area contributed by atoms with E-state index in [1.165, 1.54) is 11.8 Å². The lowest BCUT2D eigenvalue weighted by Crippen LogP contribution is -2.28. The molecule has 7 nitrogen and oxygen atoms in total. The molecule has 0 radical (unpaired) electrons. The van der Waals surface area contributed by atoms with Gasteiger partial charge in [0.05, 0.1) is 11.8 Å². The van der Waals surface area contributed by atoms with Crippen LogP contribution in [0, 0.1) is 6.92 Å². The topological polar surface area (TPSA) is 88.9 Å². The molecule has 31 heavy (non-hydrogen) atoms. The summed E-state index contributed by atoms with van der Waals surface area (Å²) in [5, 5.41) is 15.5. The van der Waals surface area contributed by atoms with Crippen LogP contribution in [0.5, 0.6) is 0 Å². The largest absolute Gasteiger partial charge is 0.342 e. The Morgan fingerprint density at radius 2 is 1.90 bits per heavy atom. The van der Waals surface area contributed by atoms with Crippen molar-refractivity contribution in [1.82, 2.24) is 20.1 Å². The maximum atomic E-state index is 12.4. The van der Waals surface area contributed by atoms with E-state index in [0.29, 0.717) is 33.8 Å². The van der Waals surface area contributed by atoms with Gasteiger partial charge >= 0.3 is 0 Å². The highest BCUT2D eigenvalue weighted by atomic mass is 35.5.